The highest BCUT2D eigenvalue weighted by Gasteiger charge is 2.19. The van der Waals surface area contributed by atoms with Gasteiger partial charge in [0, 0.05) is 6.61 Å². The van der Waals surface area contributed by atoms with Crippen LogP contribution in [0.1, 0.15) is 72.1 Å². The molecule has 0 saturated carbocycles. The van der Waals surface area contributed by atoms with Crippen molar-refractivity contribution in [2.24, 2.45) is 0 Å². The van der Waals surface area contributed by atoms with Gasteiger partial charge in [0.15, 0.2) is 0 Å². The molecular formula is C16H32N2O. The first-order valence-corrected chi connectivity index (χ1v) is 7.79. The fraction of sp³-hybridized carbons (Fsp3) is 0.938. The molecule has 3 nitrogen and oxygen atoms in total. The van der Waals surface area contributed by atoms with E-state index in [-0.39, 0.29) is 5.54 Å². The monoisotopic (exact) mass is 268 g/mol. The van der Waals surface area contributed by atoms with Gasteiger partial charge in [0.05, 0.1) is 12.2 Å². The second-order valence-electron chi connectivity index (χ2n) is 5.68. The largest absolute Gasteiger partial charge is 0.379 e. The van der Waals surface area contributed by atoms with Crippen LogP contribution >= 0.6 is 0 Å². The van der Waals surface area contributed by atoms with Crippen molar-refractivity contribution >= 4 is 0 Å². The molecule has 0 saturated heterocycles. The van der Waals surface area contributed by atoms with E-state index < -0.39 is 0 Å². The summed E-state index contributed by atoms with van der Waals surface area (Å²) in [6.07, 6.45) is 9.74. The van der Waals surface area contributed by atoms with E-state index in [2.05, 4.69) is 25.2 Å². The lowest BCUT2D eigenvalue weighted by molar-refractivity contribution is 0.0552. The summed E-state index contributed by atoms with van der Waals surface area (Å²) >= 11 is 0. The first-order valence-electron chi connectivity index (χ1n) is 7.79. The lowest BCUT2D eigenvalue weighted by Gasteiger charge is -2.20. The van der Waals surface area contributed by atoms with Gasteiger partial charge in [0.1, 0.15) is 5.54 Å². The number of nitrogens with zero attached hydrogens (tertiary/aromatic N) is 1. The third kappa shape index (κ3) is 9.92. The standard InChI is InChI=1S/C16H32N2O/c1-5-6-7-8-11-15(2)19-13-10-9-12-16(3,14-17)18-4/h15,18H,5-13H2,1-4H3. The van der Waals surface area contributed by atoms with E-state index in [4.69, 9.17) is 10.00 Å². The number of hydrogen-bond acceptors (Lipinski definition) is 3. The van der Waals surface area contributed by atoms with E-state index in [1.165, 1.54) is 32.1 Å². The van der Waals surface area contributed by atoms with Crippen LogP contribution in [0.3, 0.4) is 0 Å². The Bertz CT molecular complexity index is 250. The molecule has 2 unspecified atom stereocenters. The van der Waals surface area contributed by atoms with E-state index in [9.17, 15) is 0 Å². The van der Waals surface area contributed by atoms with Gasteiger partial charge in [-0.3, -0.25) is 0 Å². The van der Waals surface area contributed by atoms with Crippen molar-refractivity contribution < 1.29 is 4.74 Å². The van der Waals surface area contributed by atoms with E-state index in [0.717, 1.165) is 25.9 Å². The maximum atomic E-state index is 9.03. The maximum Gasteiger partial charge on any atom is 0.103 e. The summed E-state index contributed by atoms with van der Waals surface area (Å²) in [6, 6.07) is 2.32. The molecule has 0 bridgehead atoms. The molecule has 19 heavy (non-hydrogen) atoms. The summed E-state index contributed by atoms with van der Waals surface area (Å²) in [7, 11) is 1.85. The van der Waals surface area contributed by atoms with Gasteiger partial charge in [0.25, 0.3) is 0 Å². The molecule has 2 atom stereocenters. The molecule has 0 aliphatic carbocycles. The molecule has 0 radical (unpaired) electrons. The topological polar surface area (TPSA) is 45.0 Å². The minimum absolute atomic E-state index is 0.378. The van der Waals surface area contributed by atoms with Crippen molar-refractivity contribution in [3.05, 3.63) is 0 Å². The Morgan fingerprint density at radius 2 is 1.95 bits per heavy atom. The van der Waals surface area contributed by atoms with Crippen molar-refractivity contribution in [3.8, 4) is 6.07 Å². The molecule has 0 aliphatic rings. The van der Waals surface area contributed by atoms with Gasteiger partial charge in [-0.15, -0.1) is 0 Å². The van der Waals surface area contributed by atoms with Gasteiger partial charge in [-0.25, -0.2) is 0 Å². The highest BCUT2D eigenvalue weighted by atomic mass is 16.5. The average Bonchev–Trinajstić information content (AvgIpc) is 2.43. The quantitative estimate of drug-likeness (QED) is 0.543. The van der Waals surface area contributed by atoms with Crippen LogP contribution < -0.4 is 5.32 Å². The molecule has 0 aromatic heterocycles. The van der Waals surface area contributed by atoms with E-state index in [1.54, 1.807) is 0 Å². The van der Waals surface area contributed by atoms with Crippen molar-refractivity contribution in [1.82, 2.24) is 5.32 Å². The zero-order valence-corrected chi connectivity index (χ0v) is 13.3. The minimum Gasteiger partial charge on any atom is -0.379 e. The molecule has 3 heteroatoms. The van der Waals surface area contributed by atoms with Crippen molar-refractivity contribution in [1.29, 1.82) is 5.26 Å². The van der Waals surface area contributed by atoms with Crippen LogP contribution in [-0.2, 0) is 4.74 Å². The van der Waals surface area contributed by atoms with Crippen molar-refractivity contribution in [2.75, 3.05) is 13.7 Å². The number of nitrogens with one attached hydrogen (secondary N) is 1. The van der Waals surface area contributed by atoms with E-state index >= 15 is 0 Å². The second kappa shape index (κ2) is 11.3. The van der Waals surface area contributed by atoms with Gasteiger partial charge in [0.2, 0.25) is 0 Å². The average molecular weight is 268 g/mol. The first kappa shape index (κ1) is 18.4. The van der Waals surface area contributed by atoms with Gasteiger partial charge in [-0.05, 0) is 46.6 Å². The zero-order chi connectivity index (χ0) is 14.6. The molecule has 0 fully saturated rings. The Morgan fingerprint density at radius 3 is 2.53 bits per heavy atom. The Labute approximate surface area is 119 Å². The summed E-state index contributed by atoms with van der Waals surface area (Å²) in [4.78, 5) is 0. The second-order valence-corrected chi connectivity index (χ2v) is 5.68. The van der Waals surface area contributed by atoms with Crippen LogP contribution in [0.5, 0.6) is 0 Å². The van der Waals surface area contributed by atoms with Crippen LogP contribution in [-0.4, -0.2) is 25.3 Å². The number of rotatable bonds is 12. The maximum absolute atomic E-state index is 9.03. The third-order valence-corrected chi connectivity index (χ3v) is 3.74. The SMILES string of the molecule is CCCCCCC(C)OCCCCC(C)(C#N)NC. The van der Waals surface area contributed by atoms with Gasteiger partial charge >= 0.3 is 0 Å². The van der Waals surface area contributed by atoms with Crippen LogP contribution in [0.4, 0.5) is 0 Å². The first-order chi connectivity index (χ1) is 9.08. The predicted molar refractivity (Wildman–Crippen MR) is 81.1 cm³/mol. The highest BCUT2D eigenvalue weighted by molar-refractivity contribution is 5.02. The Hall–Kier alpha value is -0.590. The minimum atomic E-state index is -0.383. The molecular weight excluding hydrogens is 236 g/mol. The molecule has 112 valence electrons. The molecule has 0 spiro atoms. The predicted octanol–water partition coefficient (Wildman–Crippen LogP) is 4.03. The molecule has 0 amide bonds. The molecule has 0 heterocycles. The molecule has 1 N–H and O–H groups in total. The highest BCUT2D eigenvalue weighted by Crippen LogP contribution is 2.13. The third-order valence-electron chi connectivity index (χ3n) is 3.74. The van der Waals surface area contributed by atoms with Gasteiger partial charge in [-0.1, -0.05) is 32.6 Å². The van der Waals surface area contributed by atoms with Gasteiger partial charge < -0.3 is 10.1 Å². The smallest absolute Gasteiger partial charge is 0.103 e. The number of ether oxygens (including phenoxy) is 1. The van der Waals surface area contributed by atoms with Crippen molar-refractivity contribution in [3.63, 3.8) is 0 Å². The lowest BCUT2D eigenvalue weighted by atomic mass is 9.97. The zero-order valence-electron chi connectivity index (χ0n) is 13.3. The number of hydrogen-bond donors (Lipinski definition) is 1. The summed E-state index contributed by atoms with van der Waals surface area (Å²) < 4.78 is 5.80. The Balaban J connectivity index is 3.46. The summed E-state index contributed by atoms with van der Waals surface area (Å²) in [5.41, 5.74) is -0.383. The summed E-state index contributed by atoms with van der Waals surface area (Å²) in [6.45, 7) is 7.17. The fourth-order valence-corrected chi connectivity index (χ4v) is 2.04. The molecule has 0 aromatic carbocycles. The Kier molecular flexibility index (Phi) is 10.9. The van der Waals surface area contributed by atoms with E-state index in [0.29, 0.717) is 6.10 Å². The van der Waals surface area contributed by atoms with E-state index in [1.807, 2.05) is 14.0 Å². The number of nitriles is 1. The molecule has 0 aliphatic heterocycles. The Morgan fingerprint density at radius 1 is 1.21 bits per heavy atom. The van der Waals surface area contributed by atoms with Gasteiger partial charge in [-0.2, -0.15) is 5.26 Å². The normalized spacial score (nSPS) is 15.7. The van der Waals surface area contributed by atoms with Crippen LogP contribution in [0, 0.1) is 11.3 Å². The van der Waals surface area contributed by atoms with Crippen LogP contribution in [0.2, 0.25) is 0 Å². The van der Waals surface area contributed by atoms with Crippen molar-refractivity contribution in [2.45, 2.75) is 83.8 Å². The number of unbranched alkanes of at least 4 members (excludes halogenated alkanes) is 4. The van der Waals surface area contributed by atoms with Crippen LogP contribution in [0.15, 0.2) is 0 Å². The fourth-order valence-electron chi connectivity index (χ4n) is 2.04. The summed E-state index contributed by atoms with van der Waals surface area (Å²) in [5, 5.41) is 12.1. The molecule has 0 aromatic rings. The lowest BCUT2D eigenvalue weighted by Crippen LogP contribution is -2.37. The van der Waals surface area contributed by atoms with Crippen LogP contribution in [0.25, 0.3) is 0 Å². The summed E-state index contributed by atoms with van der Waals surface area (Å²) in [5.74, 6) is 0. The molecule has 0 rings (SSSR count).